The number of rotatable bonds is 2. The zero-order valence-corrected chi connectivity index (χ0v) is 15.0. The van der Waals surface area contributed by atoms with E-state index in [2.05, 4.69) is 36.3 Å². The van der Waals surface area contributed by atoms with Gasteiger partial charge in [0.1, 0.15) is 5.82 Å². The number of aryl methyl sites for hydroxylation is 2. The Morgan fingerprint density at radius 3 is 2.28 bits per heavy atom. The maximum Gasteiger partial charge on any atom is 0.277 e. The fourth-order valence-electron chi connectivity index (χ4n) is 2.59. The summed E-state index contributed by atoms with van der Waals surface area (Å²) in [6, 6.07) is 8.81. The number of nitrogens with one attached hydrogen (secondary N) is 1. The van der Waals surface area contributed by atoms with Gasteiger partial charge in [-0.3, -0.25) is 14.3 Å². The fraction of sp³-hybridized carbons (Fsp3) is 0.333. The van der Waals surface area contributed by atoms with Crippen LogP contribution < -0.4 is 10.9 Å². The van der Waals surface area contributed by atoms with Crippen LogP contribution in [0.15, 0.2) is 35.1 Å². The third kappa shape index (κ3) is 3.05. The summed E-state index contributed by atoms with van der Waals surface area (Å²) in [5.74, 6) is 0.199. The van der Waals surface area contributed by atoms with Crippen LogP contribution in [0.4, 0.5) is 5.82 Å². The Morgan fingerprint density at radius 1 is 1.04 bits per heavy atom. The lowest BCUT2D eigenvalue weighted by Crippen LogP contribution is -2.25. The number of hydrogen-bond donors (Lipinski definition) is 1. The summed E-state index contributed by atoms with van der Waals surface area (Å²) in [7, 11) is 3.31. The fourth-order valence-corrected chi connectivity index (χ4v) is 2.59. The molecule has 7 heteroatoms. The molecule has 3 rings (SSSR count). The van der Waals surface area contributed by atoms with Crippen molar-refractivity contribution in [3.63, 3.8) is 0 Å². The van der Waals surface area contributed by atoms with Gasteiger partial charge in [0.05, 0.1) is 11.1 Å². The molecule has 2 aromatic heterocycles. The summed E-state index contributed by atoms with van der Waals surface area (Å²) in [6.07, 6.45) is 0. The van der Waals surface area contributed by atoms with Crippen LogP contribution in [0.1, 0.15) is 37.0 Å². The number of aromatic nitrogens is 4. The minimum Gasteiger partial charge on any atom is -0.305 e. The van der Waals surface area contributed by atoms with Gasteiger partial charge < -0.3 is 5.32 Å². The van der Waals surface area contributed by atoms with E-state index in [-0.39, 0.29) is 22.6 Å². The van der Waals surface area contributed by atoms with Gasteiger partial charge in [0.2, 0.25) is 0 Å². The van der Waals surface area contributed by atoms with Crippen molar-refractivity contribution >= 4 is 22.5 Å². The second-order valence-corrected chi connectivity index (χ2v) is 7.07. The second-order valence-electron chi connectivity index (χ2n) is 7.07. The maximum atomic E-state index is 12.8. The van der Waals surface area contributed by atoms with E-state index >= 15 is 0 Å². The first-order valence-electron chi connectivity index (χ1n) is 8.00. The quantitative estimate of drug-likeness (QED) is 0.776. The van der Waals surface area contributed by atoms with Crippen molar-refractivity contribution in [2.75, 3.05) is 5.32 Å². The minimum atomic E-state index is -0.379. The van der Waals surface area contributed by atoms with Gasteiger partial charge in [0.15, 0.2) is 5.69 Å². The molecule has 0 spiro atoms. The van der Waals surface area contributed by atoms with Crippen molar-refractivity contribution in [1.82, 2.24) is 19.6 Å². The number of carbonyl (C=O) groups excluding carboxylic acids is 1. The van der Waals surface area contributed by atoms with Gasteiger partial charge in [0, 0.05) is 31.0 Å². The lowest BCUT2D eigenvalue weighted by molar-refractivity contribution is 0.102. The second kappa shape index (κ2) is 5.84. The van der Waals surface area contributed by atoms with Crippen LogP contribution in [0.2, 0.25) is 0 Å². The molecule has 1 N–H and O–H groups in total. The lowest BCUT2D eigenvalue weighted by Gasteiger charge is -2.13. The highest BCUT2D eigenvalue weighted by molar-refractivity contribution is 6.10. The lowest BCUT2D eigenvalue weighted by atomic mass is 9.92. The number of anilines is 1. The van der Waals surface area contributed by atoms with Crippen LogP contribution in [0.25, 0.3) is 10.8 Å². The zero-order chi connectivity index (χ0) is 18.4. The molecule has 0 atom stereocenters. The molecule has 0 bridgehead atoms. The van der Waals surface area contributed by atoms with Crippen LogP contribution in [-0.2, 0) is 19.5 Å². The van der Waals surface area contributed by atoms with Crippen molar-refractivity contribution in [1.29, 1.82) is 0 Å². The molecule has 0 aliphatic carbocycles. The molecule has 1 amide bonds. The summed E-state index contributed by atoms with van der Waals surface area (Å²) in [5, 5.41) is 12.4. The molecule has 3 aromatic rings. The monoisotopic (exact) mass is 339 g/mol. The van der Waals surface area contributed by atoms with E-state index in [1.165, 1.54) is 11.7 Å². The Morgan fingerprint density at radius 2 is 1.68 bits per heavy atom. The number of fused-ring (bicyclic) bond motifs is 1. The van der Waals surface area contributed by atoms with Crippen LogP contribution in [0.5, 0.6) is 0 Å². The largest absolute Gasteiger partial charge is 0.305 e. The van der Waals surface area contributed by atoms with E-state index in [1.807, 2.05) is 6.07 Å². The van der Waals surface area contributed by atoms with E-state index in [9.17, 15) is 9.59 Å². The van der Waals surface area contributed by atoms with Gasteiger partial charge in [-0.05, 0) is 6.07 Å². The molecule has 0 fully saturated rings. The number of hydrogen-bond acceptors (Lipinski definition) is 4. The van der Waals surface area contributed by atoms with Crippen molar-refractivity contribution < 1.29 is 4.79 Å². The Balaban J connectivity index is 2.03. The predicted molar refractivity (Wildman–Crippen MR) is 96.8 cm³/mol. The van der Waals surface area contributed by atoms with Crippen molar-refractivity contribution in [3.05, 3.63) is 52.1 Å². The van der Waals surface area contributed by atoms with Gasteiger partial charge in [-0.1, -0.05) is 39.0 Å². The van der Waals surface area contributed by atoms with Crippen LogP contribution >= 0.6 is 0 Å². The normalized spacial score (nSPS) is 11.7. The predicted octanol–water partition coefficient (Wildman–Crippen LogP) is 2.22. The molecule has 2 heterocycles. The average Bonchev–Trinajstić information content (AvgIpc) is 2.92. The van der Waals surface area contributed by atoms with Crippen LogP contribution in [-0.4, -0.2) is 25.5 Å². The van der Waals surface area contributed by atoms with Gasteiger partial charge >= 0.3 is 0 Å². The van der Waals surface area contributed by atoms with Crippen LogP contribution in [0, 0.1) is 0 Å². The van der Waals surface area contributed by atoms with Crippen molar-refractivity contribution in [2.24, 2.45) is 14.1 Å². The number of amides is 1. The molecule has 0 saturated carbocycles. The first-order valence-corrected chi connectivity index (χ1v) is 8.00. The maximum absolute atomic E-state index is 12.8. The molecule has 1 aromatic carbocycles. The van der Waals surface area contributed by atoms with E-state index in [0.29, 0.717) is 16.6 Å². The Hall–Kier alpha value is -2.96. The van der Waals surface area contributed by atoms with E-state index in [0.717, 1.165) is 5.69 Å². The molecule has 0 saturated heterocycles. The van der Waals surface area contributed by atoms with Gasteiger partial charge in [0.25, 0.3) is 11.5 Å². The summed E-state index contributed by atoms with van der Waals surface area (Å²) in [4.78, 5) is 25.0. The van der Waals surface area contributed by atoms with E-state index in [4.69, 9.17) is 0 Å². The molecule has 130 valence electrons. The molecule has 25 heavy (non-hydrogen) atoms. The SMILES string of the molecule is Cn1nc(C(C)(C)C)cc1NC(=O)c1nn(C)c(=O)c2ccccc12. The number of benzene rings is 1. The molecular formula is C18H21N5O2. The Bertz CT molecular complexity index is 1020. The highest BCUT2D eigenvalue weighted by Crippen LogP contribution is 2.24. The number of carbonyl (C=O) groups is 1. The topological polar surface area (TPSA) is 81.8 Å². The molecule has 0 radical (unpaired) electrons. The Kier molecular flexibility index (Phi) is 3.94. The smallest absolute Gasteiger partial charge is 0.277 e. The van der Waals surface area contributed by atoms with Gasteiger partial charge in [-0.2, -0.15) is 10.2 Å². The molecule has 0 aliphatic heterocycles. The summed E-state index contributed by atoms with van der Waals surface area (Å²) in [6.45, 7) is 6.18. The van der Waals surface area contributed by atoms with Crippen molar-refractivity contribution in [2.45, 2.75) is 26.2 Å². The van der Waals surface area contributed by atoms with Gasteiger partial charge in [-0.25, -0.2) is 4.68 Å². The summed E-state index contributed by atoms with van der Waals surface area (Å²) < 4.78 is 2.81. The first kappa shape index (κ1) is 16.9. The first-order chi connectivity index (χ1) is 11.7. The van der Waals surface area contributed by atoms with E-state index in [1.54, 1.807) is 36.0 Å². The average molecular weight is 339 g/mol. The zero-order valence-electron chi connectivity index (χ0n) is 15.0. The third-order valence-corrected chi connectivity index (χ3v) is 4.06. The van der Waals surface area contributed by atoms with E-state index < -0.39 is 0 Å². The summed E-state index contributed by atoms with van der Waals surface area (Å²) in [5.41, 5.74) is 0.727. The molecule has 0 aliphatic rings. The minimum absolute atomic E-state index is 0.123. The Labute approximate surface area is 145 Å². The highest BCUT2D eigenvalue weighted by Gasteiger charge is 2.21. The third-order valence-electron chi connectivity index (χ3n) is 4.06. The molecule has 0 unspecified atom stereocenters. The summed E-state index contributed by atoms with van der Waals surface area (Å²) >= 11 is 0. The number of nitrogens with zero attached hydrogens (tertiary/aromatic N) is 4. The molecular weight excluding hydrogens is 318 g/mol. The van der Waals surface area contributed by atoms with Crippen molar-refractivity contribution in [3.8, 4) is 0 Å². The highest BCUT2D eigenvalue weighted by atomic mass is 16.2. The van der Waals surface area contributed by atoms with Crippen LogP contribution in [0.3, 0.4) is 0 Å². The molecule has 7 nitrogen and oxygen atoms in total. The van der Waals surface area contributed by atoms with Gasteiger partial charge in [-0.15, -0.1) is 0 Å². The standard InChI is InChI=1S/C18H21N5O2/c1-18(2,3)13-10-14(22(4)20-13)19-16(24)15-11-8-6-7-9-12(11)17(25)23(5)21-15/h6-10H,1-5H3,(H,19,24).